The van der Waals surface area contributed by atoms with Crippen LogP contribution in [0.3, 0.4) is 0 Å². The molecule has 0 fully saturated rings. The number of hydrogen-bond donors (Lipinski definition) is 4. The Morgan fingerprint density at radius 2 is 1.88 bits per heavy atom. The van der Waals surface area contributed by atoms with Crippen LogP contribution in [-0.2, 0) is 6.54 Å². The van der Waals surface area contributed by atoms with Crippen LogP contribution in [0, 0.1) is 11.3 Å². The van der Waals surface area contributed by atoms with Gasteiger partial charge in [-0.2, -0.15) is 5.26 Å². The van der Waals surface area contributed by atoms with Crippen molar-refractivity contribution in [1.82, 2.24) is 5.32 Å². The average Bonchev–Trinajstić information content (AvgIpc) is 2.60. The van der Waals surface area contributed by atoms with Gasteiger partial charge in [-0.1, -0.05) is 12.1 Å². The SMILES string of the molecule is COc1cc(NC(=O)Nc2cccc(CNC(=O)O)c2)ccc1C#N. The number of carbonyl (C=O) groups is 2. The van der Waals surface area contributed by atoms with Crippen molar-refractivity contribution < 1.29 is 19.4 Å². The quantitative estimate of drug-likeness (QED) is 0.666. The molecule has 4 N–H and O–H groups in total. The molecule has 3 amide bonds. The summed E-state index contributed by atoms with van der Waals surface area (Å²) in [7, 11) is 1.44. The molecule has 0 heterocycles. The van der Waals surface area contributed by atoms with Crippen molar-refractivity contribution in [3.63, 3.8) is 0 Å². The summed E-state index contributed by atoms with van der Waals surface area (Å²) in [5.74, 6) is 0.363. The fourth-order valence-electron chi connectivity index (χ4n) is 2.09. The normalized spacial score (nSPS) is 9.60. The minimum atomic E-state index is -1.12. The highest BCUT2D eigenvalue weighted by Crippen LogP contribution is 2.22. The van der Waals surface area contributed by atoms with Crippen molar-refractivity contribution in [3.05, 3.63) is 53.6 Å². The smallest absolute Gasteiger partial charge is 0.404 e. The molecular formula is C17H16N4O4. The first-order valence-corrected chi connectivity index (χ1v) is 7.23. The van der Waals surface area contributed by atoms with Crippen molar-refractivity contribution in [2.45, 2.75) is 6.54 Å². The zero-order valence-corrected chi connectivity index (χ0v) is 13.4. The summed E-state index contributed by atoms with van der Waals surface area (Å²) in [6.07, 6.45) is -1.12. The van der Waals surface area contributed by atoms with Gasteiger partial charge in [0.05, 0.1) is 12.7 Å². The maximum Gasteiger partial charge on any atom is 0.404 e. The Hall–Kier alpha value is -3.73. The third-order valence-corrected chi connectivity index (χ3v) is 3.21. The number of nitriles is 1. The molecule has 2 aromatic carbocycles. The van der Waals surface area contributed by atoms with E-state index < -0.39 is 12.1 Å². The lowest BCUT2D eigenvalue weighted by Gasteiger charge is -2.10. The predicted octanol–water partition coefficient (Wildman–Crippen LogP) is 2.98. The zero-order valence-electron chi connectivity index (χ0n) is 13.4. The van der Waals surface area contributed by atoms with Crippen LogP contribution in [0.5, 0.6) is 5.75 Å². The van der Waals surface area contributed by atoms with Gasteiger partial charge in [0, 0.05) is 24.0 Å². The van der Waals surface area contributed by atoms with Crippen LogP contribution in [-0.4, -0.2) is 24.3 Å². The first-order valence-electron chi connectivity index (χ1n) is 7.23. The van der Waals surface area contributed by atoms with Crippen LogP contribution < -0.4 is 20.7 Å². The van der Waals surface area contributed by atoms with E-state index in [9.17, 15) is 9.59 Å². The highest BCUT2D eigenvalue weighted by molar-refractivity contribution is 6.00. The van der Waals surface area contributed by atoms with Gasteiger partial charge in [0.2, 0.25) is 0 Å². The molecule has 0 radical (unpaired) electrons. The molecule has 8 nitrogen and oxygen atoms in total. The standard InChI is InChI=1S/C17H16N4O4/c1-25-15-8-14(6-5-12(15)9-18)21-16(22)20-13-4-2-3-11(7-13)10-19-17(23)24/h2-8,19H,10H2,1H3,(H,23,24)(H2,20,21,22). The van der Waals surface area contributed by atoms with Crippen LogP contribution in [0.15, 0.2) is 42.5 Å². The molecule has 0 aliphatic carbocycles. The molecule has 0 spiro atoms. The minimum Gasteiger partial charge on any atom is -0.495 e. The molecule has 0 saturated heterocycles. The third-order valence-electron chi connectivity index (χ3n) is 3.21. The number of nitrogens with one attached hydrogen (secondary N) is 3. The fraction of sp³-hybridized carbons (Fsp3) is 0.118. The molecular weight excluding hydrogens is 324 g/mol. The van der Waals surface area contributed by atoms with Crippen molar-refractivity contribution in [1.29, 1.82) is 5.26 Å². The lowest BCUT2D eigenvalue weighted by atomic mass is 10.2. The molecule has 0 atom stereocenters. The van der Waals surface area contributed by atoms with E-state index in [1.54, 1.807) is 42.5 Å². The van der Waals surface area contributed by atoms with Gasteiger partial charge < -0.3 is 25.8 Å². The molecule has 2 aromatic rings. The molecule has 0 aliphatic heterocycles. The fourth-order valence-corrected chi connectivity index (χ4v) is 2.09. The summed E-state index contributed by atoms with van der Waals surface area (Å²) in [5.41, 5.74) is 2.06. The van der Waals surface area contributed by atoms with Crippen molar-refractivity contribution in [2.75, 3.05) is 17.7 Å². The summed E-state index contributed by atoms with van der Waals surface area (Å²) in [6.45, 7) is 0.138. The second kappa shape index (κ2) is 8.21. The summed E-state index contributed by atoms with van der Waals surface area (Å²) in [4.78, 5) is 22.6. The minimum absolute atomic E-state index is 0.138. The number of urea groups is 1. The van der Waals surface area contributed by atoms with E-state index in [1.807, 2.05) is 6.07 Å². The third kappa shape index (κ3) is 5.14. The van der Waals surface area contributed by atoms with Gasteiger partial charge in [0.15, 0.2) is 0 Å². The second-order valence-corrected chi connectivity index (χ2v) is 4.97. The number of hydrogen-bond acceptors (Lipinski definition) is 4. The van der Waals surface area contributed by atoms with Crippen molar-refractivity contribution >= 4 is 23.5 Å². The monoisotopic (exact) mass is 340 g/mol. The van der Waals surface area contributed by atoms with E-state index in [0.29, 0.717) is 28.3 Å². The van der Waals surface area contributed by atoms with E-state index in [1.165, 1.54) is 7.11 Å². The van der Waals surface area contributed by atoms with E-state index >= 15 is 0 Å². The molecule has 2 rings (SSSR count). The number of anilines is 2. The van der Waals surface area contributed by atoms with Gasteiger partial charge in [-0.05, 0) is 29.8 Å². The van der Waals surface area contributed by atoms with E-state index in [0.717, 1.165) is 0 Å². The van der Waals surface area contributed by atoms with Gasteiger partial charge in [0.25, 0.3) is 0 Å². The Kier molecular flexibility index (Phi) is 5.79. The van der Waals surface area contributed by atoms with Gasteiger partial charge in [-0.3, -0.25) is 0 Å². The zero-order chi connectivity index (χ0) is 18.2. The molecule has 0 aromatic heterocycles. The van der Waals surface area contributed by atoms with E-state index in [2.05, 4.69) is 16.0 Å². The molecule has 0 aliphatic rings. The van der Waals surface area contributed by atoms with Crippen LogP contribution in [0.4, 0.5) is 21.0 Å². The average molecular weight is 340 g/mol. The Labute approximate surface area is 144 Å². The maximum absolute atomic E-state index is 12.1. The number of benzene rings is 2. The van der Waals surface area contributed by atoms with Gasteiger partial charge in [0.1, 0.15) is 11.8 Å². The highest BCUT2D eigenvalue weighted by Gasteiger charge is 2.07. The van der Waals surface area contributed by atoms with Crippen LogP contribution >= 0.6 is 0 Å². The lowest BCUT2D eigenvalue weighted by Crippen LogP contribution is -2.21. The molecule has 0 saturated carbocycles. The number of carbonyl (C=O) groups excluding carboxylic acids is 1. The van der Waals surface area contributed by atoms with E-state index in [4.69, 9.17) is 15.1 Å². The summed E-state index contributed by atoms with van der Waals surface area (Å²) < 4.78 is 5.09. The lowest BCUT2D eigenvalue weighted by molar-refractivity contribution is 0.194. The van der Waals surface area contributed by atoms with Gasteiger partial charge in [-0.25, -0.2) is 9.59 Å². The Bertz CT molecular complexity index is 830. The van der Waals surface area contributed by atoms with Gasteiger partial charge >= 0.3 is 12.1 Å². The first kappa shape index (κ1) is 17.6. The van der Waals surface area contributed by atoms with Crippen molar-refractivity contribution in [2.24, 2.45) is 0 Å². The van der Waals surface area contributed by atoms with Crippen molar-refractivity contribution in [3.8, 4) is 11.8 Å². The van der Waals surface area contributed by atoms with E-state index in [-0.39, 0.29) is 6.54 Å². The highest BCUT2D eigenvalue weighted by atomic mass is 16.5. The molecule has 128 valence electrons. The van der Waals surface area contributed by atoms with Crippen LogP contribution in [0.2, 0.25) is 0 Å². The first-order chi connectivity index (χ1) is 12.0. The summed E-state index contributed by atoms with van der Waals surface area (Å²) in [6, 6.07) is 13.0. The maximum atomic E-state index is 12.1. The molecule has 8 heteroatoms. The topological polar surface area (TPSA) is 123 Å². The van der Waals surface area contributed by atoms with Crippen LogP contribution in [0.1, 0.15) is 11.1 Å². The number of methoxy groups -OCH3 is 1. The number of rotatable bonds is 5. The summed E-state index contributed by atoms with van der Waals surface area (Å²) >= 11 is 0. The number of nitrogens with zero attached hydrogens (tertiary/aromatic N) is 1. The molecule has 0 bridgehead atoms. The Morgan fingerprint density at radius 3 is 2.52 bits per heavy atom. The second-order valence-electron chi connectivity index (χ2n) is 4.97. The summed E-state index contributed by atoms with van der Waals surface area (Å²) in [5, 5.41) is 25.1. The number of ether oxygens (including phenoxy) is 1. The van der Waals surface area contributed by atoms with Crippen LogP contribution in [0.25, 0.3) is 0 Å². The Morgan fingerprint density at radius 1 is 1.16 bits per heavy atom. The van der Waals surface area contributed by atoms with Gasteiger partial charge in [-0.15, -0.1) is 0 Å². The number of carboxylic acid groups (broad SMARTS) is 1. The molecule has 25 heavy (non-hydrogen) atoms. The number of amides is 3. The predicted molar refractivity (Wildman–Crippen MR) is 91.7 cm³/mol. The largest absolute Gasteiger partial charge is 0.495 e. The Balaban J connectivity index is 2.02. The molecule has 0 unspecified atom stereocenters.